The molecule has 0 aliphatic heterocycles. The van der Waals surface area contributed by atoms with E-state index in [0.717, 1.165) is 0 Å². The number of rotatable bonds is 4. The molecule has 11 heteroatoms. The number of nitrogens with zero attached hydrogens (tertiary/aromatic N) is 4. The summed E-state index contributed by atoms with van der Waals surface area (Å²) in [6, 6.07) is -1.93. The zero-order valence-corrected chi connectivity index (χ0v) is 13.6. The largest absolute Gasteiger partial charge is 0.354 e. The van der Waals surface area contributed by atoms with Crippen molar-refractivity contribution >= 4 is 40.7 Å². The second-order valence-electron chi connectivity index (χ2n) is 5.01. The van der Waals surface area contributed by atoms with E-state index in [4.69, 9.17) is 5.73 Å². The highest BCUT2D eigenvalue weighted by Gasteiger charge is 2.25. The first kappa shape index (κ1) is 17.1. The number of urea groups is 1. The predicted molar refractivity (Wildman–Crippen MR) is 84.1 cm³/mol. The average molecular weight is 339 g/mol. The summed E-state index contributed by atoms with van der Waals surface area (Å²) < 4.78 is 0. The van der Waals surface area contributed by atoms with Crippen LogP contribution in [0.2, 0.25) is 0 Å². The number of H-pyrrole nitrogens is 1. The molecule has 1 atom stereocenters. The topological polar surface area (TPSA) is 150 Å². The van der Waals surface area contributed by atoms with E-state index in [-0.39, 0.29) is 28.0 Å². The summed E-state index contributed by atoms with van der Waals surface area (Å²) in [5.41, 5.74) is 6.21. The zero-order chi connectivity index (χ0) is 17.1. The van der Waals surface area contributed by atoms with Gasteiger partial charge in [-0.2, -0.15) is 10.0 Å². The minimum absolute atomic E-state index is 0.111. The number of fused-ring (bicyclic) bond motifs is 1. The van der Waals surface area contributed by atoms with E-state index in [1.807, 2.05) is 5.32 Å². The number of nitrogens with two attached hydrogens (primary N) is 1. The number of hydrogen-bond acceptors (Lipinski definition) is 8. The number of amides is 3. The lowest BCUT2D eigenvalue weighted by atomic mass is 10.1. The number of aromatic nitrogens is 4. The summed E-state index contributed by atoms with van der Waals surface area (Å²) in [6.45, 7) is 3.49. The van der Waals surface area contributed by atoms with Gasteiger partial charge in [0.25, 0.3) is 0 Å². The maximum atomic E-state index is 12.0. The van der Waals surface area contributed by atoms with Crippen LogP contribution in [0, 0.1) is 5.92 Å². The van der Waals surface area contributed by atoms with Crippen LogP contribution in [0.1, 0.15) is 13.8 Å². The first-order chi connectivity index (χ1) is 10.8. The molecule has 0 spiro atoms. The van der Waals surface area contributed by atoms with Crippen LogP contribution >= 0.6 is 11.8 Å². The smallest absolute Gasteiger partial charge is 0.340 e. The Balaban J connectivity index is 2.26. The lowest BCUT2D eigenvalue weighted by molar-refractivity contribution is -0.122. The van der Waals surface area contributed by atoms with Gasteiger partial charge >= 0.3 is 6.03 Å². The van der Waals surface area contributed by atoms with E-state index in [9.17, 15) is 14.8 Å². The molecule has 0 radical (unpaired) electrons. The molecule has 2 aromatic rings. The molecule has 0 aliphatic carbocycles. The molecule has 0 saturated carbocycles. The van der Waals surface area contributed by atoms with Gasteiger partial charge in [-0.3, -0.25) is 15.3 Å². The number of anilines is 1. The third-order valence-electron chi connectivity index (χ3n) is 3.07. The summed E-state index contributed by atoms with van der Waals surface area (Å²) in [5, 5.41) is 12.6. The van der Waals surface area contributed by atoms with Crippen molar-refractivity contribution in [2.24, 2.45) is 11.7 Å². The van der Waals surface area contributed by atoms with E-state index in [1.54, 1.807) is 20.1 Å². The van der Waals surface area contributed by atoms with Crippen molar-refractivity contribution in [1.29, 1.82) is 0 Å². The minimum Gasteiger partial charge on any atom is -0.340 e. The second kappa shape index (κ2) is 6.89. The molecule has 0 aliphatic rings. The van der Waals surface area contributed by atoms with Gasteiger partial charge in [0.15, 0.2) is 16.6 Å². The monoisotopic (exact) mass is 339 g/mol. The van der Waals surface area contributed by atoms with Crippen LogP contribution in [-0.2, 0) is 4.79 Å². The molecule has 0 fully saturated rings. The van der Waals surface area contributed by atoms with Crippen LogP contribution in [0.5, 0.6) is 0 Å². The Morgan fingerprint density at radius 1 is 1.43 bits per heavy atom. The third kappa shape index (κ3) is 3.57. The lowest BCUT2D eigenvalue weighted by Gasteiger charge is -2.18. The number of aromatic amines is 1. The van der Waals surface area contributed by atoms with Gasteiger partial charge in [0.1, 0.15) is 5.52 Å². The van der Waals surface area contributed by atoms with Crippen molar-refractivity contribution in [3.05, 3.63) is 6.33 Å². The molecule has 5 N–H and O–H groups in total. The Kier molecular flexibility index (Phi) is 5.13. The maximum absolute atomic E-state index is 12.0. The van der Waals surface area contributed by atoms with Crippen LogP contribution in [-0.4, -0.2) is 49.4 Å². The van der Waals surface area contributed by atoms with Crippen LogP contribution in [0.4, 0.5) is 10.6 Å². The molecule has 0 saturated heterocycles. The number of imidazole rings is 1. The molecule has 2 heterocycles. The van der Waals surface area contributed by atoms with E-state index < -0.39 is 18.0 Å². The van der Waals surface area contributed by atoms with Gasteiger partial charge in [0.05, 0.1) is 12.4 Å². The summed E-state index contributed by atoms with van der Waals surface area (Å²) in [4.78, 5) is 38.7. The van der Waals surface area contributed by atoms with Gasteiger partial charge in [-0.25, -0.2) is 14.8 Å². The quantitative estimate of drug-likeness (QED) is 0.272. The van der Waals surface area contributed by atoms with Crippen molar-refractivity contribution in [2.75, 3.05) is 11.3 Å². The Hall–Kier alpha value is -2.24. The normalized spacial score (nSPS) is 12.4. The Morgan fingerprint density at radius 2 is 2.13 bits per heavy atom. The van der Waals surface area contributed by atoms with Crippen molar-refractivity contribution in [3.8, 4) is 0 Å². The number of carbonyl (C=O) groups excluding carboxylic acids is 2. The molecule has 124 valence electrons. The van der Waals surface area contributed by atoms with E-state index in [0.29, 0.717) is 5.16 Å². The molecule has 2 rings (SSSR count). The fraction of sp³-hybridized carbons (Fsp3) is 0.417. The molecule has 10 nitrogen and oxygen atoms in total. The van der Waals surface area contributed by atoms with E-state index in [2.05, 4.69) is 19.9 Å². The van der Waals surface area contributed by atoms with Crippen molar-refractivity contribution in [3.63, 3.8) is 0 Å². The fourth-order valence-electron chi connectivity index (χ4n) is 1.68. The highest BCUT2D eigenvalue weighted by atomic mass is 32.2. The summed E-state index contributed by atoms with van der Waals surface area (Å²) >= 11 is 1.22. The number of hydroxylamine groups is 1. The predicted octanol–water partition coefficient (Wildman–Crippen LogP) is 0.490. The second-order valence-corrected chi connectivity index (χ2v) is 5.78. The van der Waals surface area contributed by atoms with Crippen LogP contribution in [0.3, 0.4) is 0 Å². The Morgan fingerprint density at radius 3 is 2.74 bits per heavy atom. The maximum Gasteiger partial charge on any atom is 0.354 e. The first-order valence-corrected chi connectivity index (χ1v) is 7.92. The molecule has 0 bridgehead atoms. The molecular formula is C12H17N7O3S. The molecule has 23 heavy (non-hydrogen) atoms. The summed E-state index contributed by atoms with van der Waals surface area (Å²) in [6.07, 6.45) is 3.10. The number of carbonyl (C=O) groups is 2. The highest BCUT2D eigenvalue weighted by molar-refractivity contribution is 7.98. The van der Waals surface area contributed by atoms with Crippen LogP contribution in [0.25, 0.3) is 11.2 Å². The first-order valence-electron chi connectivity index (χ1n) is 6.69. The van der Waals surface area contributed by atoms with Gasteiger partial charge < -0.3 is 10.7 Å². The van der Waals surface area contributed by atoms with Crippen molar-refractivity contribution in [1.82, 2.24) is 25.3 Å². The van der Waals surface area contributed by atoms with Crippen LogP contribution < -0.4 is 16.1 Å². The number of hydrogen-bond donors (Lipinski definition) is 4. The van der Waals surface area contributed by atoms with Gasteiger partial charge in [0, 0.05) is 0 Å². The molecular weight excluding hydrogens is 322 g/mol. The van der Waals surface area contributed by atoms with Gasteiger partial charge in [-0.05, 0) is 12.2 Å². The molecule has 0 unspecified atom stereocenters. The van der Waals surface area contributed by atoms with Gasteiger partial charge in [-0.15, -0.1) is 0 Å². The standard InChI is InChI=1S/C12H17N7O3S/c1-5(2)6(13)10(20)18-12(21)19(22)9-7-8(15-4-14-7)16-11(17-9)23-3/h4-6,22H,13H2,1-3H3,(H,18,20,21)(H,14,15,16,17)/t6-/m0/s1. The average Bonchev–Trinajstić information content (AvgIpc) is 3.00. The summed E-state index contributed by atoms with van der Waals surface area (Å²) in [5.74, 6) is -0.958. The Bertz CT molecular complexity index is 733. The zero-order valence-electron chi connectivity index (χ0n) is 12.8. The lowest BCUT2D eigenvalue weighted by Crippen LogP contribution is -2.50. The summed E-state index contributed by atoms with van der Waals surface area (Å²) in [7, 11) is 0. The fourth-order valence-corrected chi connectivity index (χ4v) is 2.04. The van der Waals surface area contributed by atoms with Gasteiger partial charge in [0.2, 0.25) is 5.91 Å². The van der Waals surface area contributed by atoms with E-state index in [1.165, 1.54) is 18.1 Å². The third-order valence-corrected chi connectivity index (χ3v) is 3.62. The van der Waals surface area contributed by atoms with Crippen molar-refractivity contribution < 1.29 is 14.8 Å². The Labute approximate surface area is 135 Å². The van der Waals surface area contributed by atoms with Gasteiger partial charge in [-0.1, -0.05) is 25.6 Å². The minimum atomic E-state index is -1.06. The van der Waals surface area contributed by atoms with Crippen LogP contribution in [0.15, 0.2) is 11.5 Å². The number of nitrogens with one attached hydrogen (secondary N) is 2. The number of thioether (sulfide) groups is 1. The highest BCUT2D eigenvalue weighted by Crippen LogP contribution is 2.23. The molecule has 0 aromatic carbocycles. The number of imide groups is 1. The molecule has 2 aromatic heterocycles. The molecule has 3 amide bonds. The SMILES string of the molecule is CSc1nc(N(O)C(=O)NC(=O)[C@@H](N)C(C)C)c2[nH]cnc2n1. The van der Waals surface area contributed by atoms with Crippen molar-refractivity contribution in [2.45, 2.75) is 25.0 Å². The van der Waals surface area contributed by atoms with E-state index >= 15 is 0 Å².